The molecule has 0 saturated heterocycles. The summed E-state index contributed by atoms with van der Waals surface area (Å²) in [6.45, 7) is 1.47. The van der Waals surface area contributed by atoms with Crippen molar-refractivity contribution in [3.8, 4) is 0 Å². The zero-order valence-corrected chi connectivity index (χ0v) is 16.2. The molecule has 0 fully saturated rings. The summed E-state index contributed by atoms with van der Waals surface area (Å²) in [4.78, 5) is 24.1. The third-order valence-corrected chi connectivity index (χ3v) is 5.17. The Hall–Kier alpha value is -3.13. The van der Waals surface area contributed by atoms with Gasteiger partial charge in [-0.3, -0.25) is 9.59 Å². The number of furan rings is 1. The Bertz CT molecular complexity index is 1150. The molecule has 146 valence electrons. The highest BCUT2D eigenvalue weighted by atomic mass is 32.2. The van der Waals surface area contributed by atoms with Crippen molar-refractivity contribution in [1.29, 1.82) is 0 Å². The molecule has 28 heavy (non-hydrogen) atoms. The normalized spacial score (nSPS) is 11.4. The van der Waals surface area contributed by atoms with E-state index in [4.69, 9.17) is 9.15 Å². The van der Waals surface area contributed by atoms with Crippen LogP contribution in [-0.4, -0.2) is 33.2 Å². The lowest BCUT2D eigenvalue weighted by Gasteiger charge is -2.07. The standard InChI is InChI=1S/C20H19NO6S/c1-13-6-7-17-14(11-26-18(17)8-13)9-20(23)27-12-19(22)21-15-4-3-5-16(10-15)28(2,24)25/h3-8,10-11H,9,12H2,1-2H3,(H,21,22). The zero-order valence-electron chi connectivity index (χ0n) is 15.4. The fourth-order valence-corrected chi connectivity index (χ4v) is 3.35. The molecule has 0 aliphatic carbocycles. The van der Waals surface area contributed by atoms with Crippen molar-refractivity contribution in [2.75, 3.05) is 18.2 Å². The van der Waals surface area contributed by atoms with Crippen LogP contribution in [0.4, 0.5) is 5.69 Å². The van der Waals surface area contributed by atoms with E-state index in [9.17, 15) is 18.0 Å². The van der Waals surface area contributed by atoms with Crippen LogP contribution in [0.15, 0.2) is 58.0 Å². The first-order valence-corrected chi connectivity index (χ1v) is 10.3. The Morgan fingerprint density at radius 2 is 1.93 bits per heavy atom. The fourth-order valence-electron chi connectivity index (χ4n) is 2.68. The van der Waals surface area contributed by atoms with Crippen LogP contribution in [-0.2, 0) is 30.6 Å². The summed E-state index contributed by atoms with van der Waals surface area (Å²) in [7, 11) is -3.38. The fraction of sp³-hybridized carbons (Fsp3) is 0.200. The van der Waals surface area contributed by atoms with Crippen LogP contribution >= 0.6 is 0 Å². The number of ether oxygens (including phenoxy) is 1. The first-order valence-electron chi connectivity index (χ1n) is 8.45. The van der Waals surface area contributed by atoms with Crippen molar-refractivity contribution < 1.29 is 27.2 Å². The minimum Gasteiger partial charge on any atom is -0.464 e. The Kier molecular flexibility index (Phi) is 5.51. The van der Waals surface area contributed by atoms with Gasteiger partial charge in [0.15, 0.2) is 16.4 Å². The summed E-state index contributed by atoms with van der Waals surface area (Å²) < 4.78 is 33.6. The Labute approximate surface area is 162 Å². The number of anilines is 1. The molecule has 0 radical (unpaired) electrons. The van der Waals surface area contributed by atoms with Crippen molar-refractivity contribution in [2.24, 2.45) is 0 Å². The van der Waals surface area contributed by atoms with Gasteiger partial charge in [0.05, 0.1) is 17.6 Å². The van der Waals surface area contributed by atoms with E-state index in [2.05, 4.69) is 5.32 Å². The van der Waals surface area contributed by atoms with Crippen LogP contribution < -0.4 is 5.32 Å². The van der Waals surface area contributed by atoms with Crippen LogP contribution in [0.25, 0.3) is 11.0 Å². The van der Waals surface area contributed by atoms with Gasteiger partial charge >= 0.3 is 5.97 Å². The number of hydrogen-bond acceptors (Lipinski definition) is 6. The molecule has 0 unspecified atom stereocenters. The highest BCUT2D eigenvalue weighted by Gasteiger charge is 2.14. The van der Waals surface area contributed by atoms with Gasteiger partial charge in [-0.05, 0) is 36.8 Å². The summed E-state index contributed by atoms with van der Waals surface area (Å²) in [6.07, 6.45) is 2.56. The molecular weight excluding hydrogens is 382 g/mol. The highest BCUT2D eigenvalue weighted by Crippen LogP contribution is 2.23. The number of nitrogens with one attached hydrogen (secondary N) is 1. The summed E-state index contributed by atoms with van der Waals surface area (Å²) in [6, 6.07) is 11.5. The van der Waals surface area contributed by atoms with E-state index >= 15 is 0 Å². The largest absolute Gasteiger partial charge is 0.464 e. The van der Waals surface area contributed by atoms with Crippen LogP contribution in [0.5, 0.6) is 0 Å². The monoisotopic (exact) mass is 401 g/mol. The Morgan fingerprint density at radius 1 is 1.14 bits per heavy atom. The van der Waals surface area contributed by atoms with E-state index in [1.54, 1.807) is 6.07 Å². The Morgan fingerprint density at radius 3 is 2.68 bits per heavy atom. The minimum atomic E-state index is -3.38. The van der Waals surface area contributed by atoms with Gasteiger partial charge in [-0.1, -0.05) is 18.2 Å². The van der Waals surface area contributed by atoms with E-state index in [0.29, 0.717) is 16.8 Å². The smallest absolute Gasteiger partial charge is 0.310 e. The van der Waals surface area contributed by atoms with Gasteiger partial charge in [0.2, 0.25) is 0 Å². The molecule has 0 bridgehead atoms. The van der Waals surface area contributed by atoms with Crippen molar-refractivity contribution in [1.82, 2.24) is 0 Å². The molecule has 1 heterocycles. The van der Waals surface area contributed by atoms with Crippen LogP contribution in [0.3, 0.4) is 0 Å². The van der Waals surface area contributed by atoms with Gasteiger partial charge in [0.1, 0.15) is 5.58 Å². The number of sulfone groups is 1. The first kappa shape index (κ1) is 19.6. The van der Waals surface area contributed by atoms with Crippen LogP contribution in [0, 0.1) is 6.92 Å². The maximum absolute atomic E-state index is 12.0. The van der Waals surface area contributed by atoms with Gasteiger partial charge in [0.25, 0.3) is 5.91 Å². The van der Waals surface area contributed by atoms with E-state index in [1.165, 1.54) is 24.5 Å². The number of carbonyl (C=O) groups is 2. The number of carbonyl (C=O) groups excluding carboxylic acids is 2. The molecule has 8 heteroatoms. The number of rotatable bonds is 6. The lowest BCUT2D eigenvalue weighted by molar-refractivity contribution is -0.146. The highest BCUT2D eigenvalue weighted by molar-refractivity contribution is 7.90. The maximum atomic E-state index is 12.0. The molecule has 0 aliphatic heterocycles. The van der Waals surface area contributed by atoms with E-state index in [-0.39, 0.29) is 11.3 Å². The van der Waals surface area contributed by atoms with Crippen molar-refractivity contribution in [3.05, 3.63) is 59.9 Å². The van der Waals surface area contributed by atoms with Gasteiger partial charge in [-0.2, -0.15) is 0 Å². The predicted octanol–water partition coefficient (Wildman–Crippen LogP) is 2.87. The molecule has 0 aliphatic rings. The van der Waals surface area contributed by atoms with E-state index in [0.717, 1.165) is 17.2 Å². The molecule has 1 amide bonds. The predicted molar refractivity (Wildman–Crippen MR) is 104 cm³/mol. The number of hydrogen-bond donors (Lipinski definition) is 1. The molecule has 3 rings (SSSR count). The molecule has 0 atom stereocenters. The second-order valence-corrected chi connectivity index (χ2v) is 8.46. The minimum absolute atomic E-state index is 0.0209. The number of benzene rings is 2. The molecule has 7 nitrogen and oxygen atoms in total. The molecule has 3 aromatic rings. The quantitative estimate of drug-likeness (QED) is 0.637. The maximum Gasteiger partial charge on any atom is 0.310 e. The lowest BCUT2D eigenvalue weighted by Crippen LogP contribution is -2.21. The molecule has 1 N–H and O–H groups in total. The summed E-state index contributed by atoms with van der Waals surface area (Å²) in [5.74, 6) is -1.13. The number of aryl methyl sites for hydroxylation is 1. The average molecular weight is 401 g/mol. The van der Waals surface area contributed by atoms with Gasteiger partial charge in [0, 0.05) is 22.9 Å². The average Bonchev–Trinajstić information content (AvgIpc) is 3.01. The third-order valence-electron chi connectivity index (χ3n) is 4.06. The second-order valence-electron chi connectivity index (χ2n) is 6.45. The lowest BCUT2D eigenvalue weighted by atomic mass is 10.1. The summed E-state index contributed by atoms with van der Waals surface area (Å²) >= 11 is 0. The van der Waals surface area contributed by atoms with Gasteiger partial charge in [-0.25, -0.2) is 8.42 Å². The zero-order chi connectivity index (χ0) is 20.3. The Balaban J connectivity index is 1.56. The SMILES string of the molecule is Cc1ccc2c(CC(=O)OCC(=O)Nc3cccc(S(C)(=O)=O)c3)coc2c1. The molecular formula is C20H19NO6S. The van der Waals surface area contributed by atoms with E-state index < -0.39 is 28.3 Å². The van der Waals surface area contributed by atoms with E-state index in [1.807, 2.05) is 25.1 Å². The topological polar surface area (TPSA) is 103 Å². The molecule has 2 aromatic carbocycles. The van der Waals surface area contributed by atoms with Crippen molar-refractivity contribution >= 4 is 38.4 Å². The number of esters is 1. The molecule has 0 saturated carbocycles. The van der Waals surface area contributed by atoms with Gasteiger partial charge in [-0.15, -0.1) is 0 Å². The van der Waals surface area contributed by atoms with Crippen LogP contribution in [0.2, 0.25) is 0 Å². The summed E-state index contributed by atoms with van der Waals surface area (Å²) in [5.41, 5.74) is 2.72. The molecule has 0 spiro atoms. The molecule has 1 aromatic heterocycles. The number of fused-ring (bicyclic) bond motifs is 1. The van der Waals surface area contributed by atoms with Gasteiger partial charge < -0.3 is 14.5 Å². The second kappa shape index (κ2) is 7.85. The van der Waals surface area contributed by atoms with Crippen LogP contribution in [0.1, 0.15) is 11.1 Å². The summed E-state index contributed by atoms with van der Waals surface area (Å²) in [5, 5.41) is 3.33. The first-order chi connectivity index (χ1) is 13.2. The third kappa shape index (κ3) is 4.77. The number of amides is 1. The van der Waals surface area contributed by atoms with Crippen molar-refractivity contribution in [2.45, 2.75) is 18.2 Å². The van der Waals surface area contributed by atoms with Crippen molar-refractivity contribution in [3.63, 3.8) is 0 Å².